The van der Waals surface area contributed by atoms with Crippen molar-refractivity contribution in [3.63, 3.8) is 0 Å². The van der Waals surface area contributed by atoms with E-state index in [2.05, 4.69) is 0 Å². The normalized spacial score (nSPS) is 9.90. The number of aliphatic carboxylic acids is 1. The van der Waals surface area contributed by atoms with Crippen LogP contribution in [0.4, 0.5) is 0 Å². The summed E-state index contributed by atoms with van der Waals surface area (Å²) < 4.78 is 5.23. The molecule has 0 saturated carbocycles. The molecule has 0 radical (unpaired) electrons. The lowest BCUT2D eigenvalue weighted by molar-refractivity contribution is -0.150. The molecule has 0 bridgehead atoms. The third-order valence-electron chi connectivity index (χ3n) is 4.90. The van der Waals surface area contributed by atoms with E-state index < -0.39 is 5.97 Å². The zero-order valence-electron chi connectivity index (χ0n) is 19.3. The Morgan fingerprint density at radius 1 is 0.742 bits per heavy atom. The molecular formula is C26H38O5. The summed E-state index contributed by atoms with van der Waals surface area (Å²) in [6.07, 6.45) is 3.19. The maximum Gasteiger partial charge on any atom is 0.309 e. The molecule has 2 aromatic carbocycles. The number of carbonyl (C=O) groups excluding carboxylic acids is 1. The third kappa shape index (κ3) is 13.3. The molecule has 0 aliphatic heterocycles. The molecule has 0 amide bonds. The summed E-state index contributed by atoms with van der Waals surface area (Å²) in [6, 6.07) is 19.3. The van der Waals surface area contributed by atoms with Gasteiger partial charge in [-0.05, 0) is 36.8 Å². The third-order valence-corrected chi connectivity index (χ3v) is 4.90. The predicted molar refractivity (Wildman–Crippen MR) is 124 cm³/mol. The van der Waals surface area contributed by atoms with E-state index in [4.69, 9.17) is 14.9 Å². The van der Waals surface area contributed by atoms with Gasteiger partial charge in [0.25, 0.3) is 0 Å². The lowest BCUT2D eigenvalue weighted by Crippen LogP contribution is -2.16. The summed E-state index contributed by atoms with van der Waals surface area (Å²) in [5.41, 5.74) is 2.00. The van der Waals surface area contributed by atoms with Crippen molar-refractivity contribution in [3.8, 4) is 0 Å². The fourth-order valence-electron chi connectivity index (χ4n) is 2.69. The van der Waals surface area contributed by atoms with Crippen molar-refractivity contribution in [3.05, 3.63) is 71.8 Å². The maximum absolute atomic E-state index is 11.6. The molecule has 0 unspecified atom stereocenters. The van der Waals surface area contributed by atoms with Gasteiger partial charge in [0.05, 0.1) is 18.4 Å². The Morgan fingerprint density at radius 2 is 1.16 bits per heavy atom. The Labute approximate surface area is 187 Å². The SMILES string of the molecule is CCC(CC)C(=O)O.CCC(CC)C(=O)OCc1ccccc1.OCc1ccccc1. The summed E-state index contributed by atoms with van der Waals surface area (Å²) in [5.74, 6) is -0.831. The van der Waals surface area contributed by atoms with E-state index in [1.807, 2.05) is 88.4 Å². The van der Waals surface area contributed by atoms with Gasteiger partial charge >= 0.3 is 11.9 Å². The summed E-state index contributed by atoms with van der Waals surface area (Å²) in [6.45, 7) is 8.33. The van der Waals surface area contributed by atoms with Gasteiger partial charge in [0.1, 0.15) is 6.61 Å². The number of carbonyl (C=O) groups is 2. The van der Waals surface area contributed by atoms with Crippen LogP contribution in [0.1, 0.15) is 64.5 Å². The first-order valence-electron chi connectivity index (χ1n) is 11.0. The Hall–Kier alpha value is -2.66. The molecular weight excluding hydrogens is 392 g/mol. The maximum atomic E-state index is 11.6. The molecule has 0 spiro atoms. The molecule has 0 aromatic heterocycles. The highest BCUT2D eigenvalue weighted by atomic mass is 16.5. The van der Waals surface area contributed by atoms with Crippen molar-refractivity contribution in [1.82, 2.24) is 0 Å². The highest BCUT2D eigenvalue weighted by molar-refractivity contribution is 5.72. The van der Waals surface area contributed by atoms with Crippen LogP contribution in [-0.4, -0.2) is 22.2 Å². The highest BCUT2D eigenvalue weighted by Gasteiger charge is 2.15. The molecule has 5 nitrogen and oxygen atoms in total. The number of carboxylic acids is 1. The van der Waals surface area contributed by atoms with Crippen molar-refractivity contribution in [1.29, 1.82) is 0 Å². The van der Waals surface area contributed by atoms with Crippen LogP contribution in [0.2, 0.25) is 0 Å². The van der Waals surface area contributed by atoms with Crippen LogP contribution in [0.5, 0.6) is 0 Å². The Morgan fingerprint density at radius 3 is 1.45 bits per heavy atom. The van der Waals surface area contributed by atoms with Crippen LogP contribution >= 0.6 is 0 Å². The minimum Gasteiger partial charge on any atom is -0.481 e. The van der Waals surface area contributed by atoms with E-state index in [9.17, 15) is 9.59 Å². The fourth-order valence-corrected chi connectivity index (χ4v) is 2.69. The summed E-state index contributed by atoms with van der Waals surface area (Å²) in [7, 11) is 0. The van der Waals surface area contributed by atoms with E-state index in [0.717, 1.165) is 36.8 Å². The Kier molecular flexibility index (Phi) is 16.6. The number of hydrogen-bond acceptors (Lipinski definition) is 4. The second-order valence-electron chi connectivity index (χ2n) is 7.10. The predicted octanol–water partition coefficient (Wildman–Crippen LogP) is 5.85. The minimum atomic E-state index is -0.671. The van der Waals surface area contributed by atoms with Crippen LogP contribution in [0.25, 0.3) is 0 Å². The number of esters is 1. The van der Waals surface area contributed by atoms with Crippen LogP contribution in [0.15, 0.2) is 60.7 Å². The lowest BCUT2D eigenvalue weighted by atomic mass is 10.0. The van der Waals surface area contributed by atoms with Gasteiger partial charge in [0.15, 0.2) is 0 Å². The van der Waals surface area contributed by atoms with E-state index in [0.29, 0.717) is 6.61 Å². The van der Waals surface area contributed by atoms with Crippen LogP contribution < -0.4 is 0 Å². The smallest absolute Gasteiger partial charge is 0.309 e. The quantitative estimate of drug-likeness (QED) is 0.487. The van der Waals surface area contributed by atoms with Crippen LogP contribution in [0, 0.1) is 11.8 Å². The molecule has 0 fully saturated rings. The van der Waals surface area contributed by atoms with Crippen molar-refractivity contribution < 1.29 is 24.5 Å². The van der Waals surface area contributed by atoms with Crippen LogP contribution in [0.3, 0.4) is 0 Å². The first-order chi connectivity index (χ1) is 14.9. The Bertz CT molecular complexity index is 692. The molecule has 31 heavy (non-hydrogen) atoms. The standard InChI is InChI=1S/C13H18O2.C7H8O.C6H12O2/c1-3-12(4-2)13(14)15-10-11-8-6-5-7-9-11;8-6-7-4-2-1-3-5-7;1-3-5(4-2)6(7)8/h5-9,12H,3-4,10H2,1-2H3;1-5,8H,6H2;5H,3-4H2,1-2H3,(H,7,8). The molecule has 2 N–H and O–H groups in total. The van der Waals surface area contributed by atoms with E-state index >= 15 is 0 Å². The van der Waals surface area contributed by atoms with Crippen molar-refractivity contribution >= 4 is 11.9 Å². The average molecular weight is 431 g/mol. The number of hydrogen-bond donors (Lipinski definition) is 2. The van der Waals surface area contributed by atoms with Gasteiger partial charge in [0.2, 0.25) is 0 Å². The monoisotopic (exact) mass is 430 g/mol. The molecule has 2 aromatic rings. The van der Waals surface area contributed by atoms with Crippen LogP contribution in [-0.2, 0) is 27.5 Å². The fraction of sp³-hybridized carbons (Fsp3) is 0.462. The number of aliphatic hydroxyl groups is 1. The van der Waals surface area contributed by atoms with Gasteiger partial charge in [-0.3, -0.25) is 9.59 Å². The molecule has 0 atom stereocenters. The molecule has 0 aliphatic rings. The average Bonchev–Trinajstić information content (AvgIpc) is 2.81. The second-order valence-corrected chi connectivity index (χ2v) is 7.10. The highest BCUT2D eigenvalue weighted by Crippen LogP contribution is 2.11. The first kappa shape index (κ1) is 28.3. The Balaban J connectivity index is 0.000000477. The lowest BCUT2D eigenvalue weighted by Gasteiger charge is -2.11. The molecule has 2 rings (SSSR count). The van der Waals surface area contributed by atoms with E-state index in [1.54, 1.807) is 0 Å². The molecule has 0 aliphatic carbocycles. The largest absolute Gasteiger partial charge is 0.481 e. The van der Waals surface area contributed by atoms with Gasteiger partial charge in [-0.15, -0.1) is 0 Å². The summed E-state index contributed by atoms with van der Waals surface area (Å²) >= 11 is 0. The minimum absolute atomic E-state index is 0.0497. The van der Waals surface area contributed by atoms with Crippen molar-refractivity contribution in [2.24, 2.45) is 11.8 Å². The number of rotatable bonds is 9. The number of benzene rings is 2. The molecule has 172 valence electrons. The second kappa shape index (κ2) is 18.1. The van der Waals surface area contributed by atoms with Gasteiger partial charge in [-0.1, -0.05) is 88.4 Å². The number of carboxylic acid groups (broad SMARTS) is 1. The number of ether oxygens (including phenoxy) is 1. The molecule has 5 heteroatoms. The molecule has 0 heterocycles. The number of aliphatic hydroxyl groups excluding tert-OH is 1. The molecule has 0 saturated heterocycles. The topological polar surface area (TPSA) is 83.8 Å². The van der Waals surface area contributed by atoms with Gasteiger partial charge in [-0.2, -0.15) is 0 Å². The zero-order valence-corrected chi connectivity index (χ0v) is 19.3. The van der Waals surface area contributed by atoms with Gasteiger partial charge < -0.3 is 14.9 Å². The van der Waals surface area contributed by atoms with E-state index in [1.165, 1.54) is 0 Å². The van der Waals surface area contributed by atoms with Gasteiger partial charge in [-0.25, -0.2) is 0 Å². The first-order valence-corrected chi connectivity index (χ1v) is 11.0. The zero-order chi connectivity index (χ0) is 23.5. The van der Waals surface area contributed by atoms with Gasteiger partial charge in [0, 0.05) is 0 Å². The van der Waals surface area contributed by atoms with Crippen molar-refractivity contribution in [2.75, 3.05) is 0 Å². The van der Waals surface area contributed by atoms with E-state index in [-0.39, 0.29) is 24.4 Å². The summed E-state index contributed by atoms with van der Waals surface area (Å²) in [5, 5.41) is 16.9. The van der Waals surface area contributed by atoms with Crippen molar-refractivity contribution in [2.45, 2.75) is 66.6 Å². The summed E-state index contributed by atoms with van der Waals surface area (Å²) in [4.78, 5) is 21.7.